The molecule has 0 heterocycles. The molecule has 0 aliphatic rings. The summed E-state index contributed by atoms with van der Waals surface area (Å²) >= 11 is 0. The lowest BCUT2D eigenvalue weighted by Crippen LogP contribution is -2.40. The molecule has 0 saturated heterocycles. The molecule has 1 amide bonds. The summed E-state index contributed by atoms with van der Waals surface area (Å²) in [4.78, 5) is 11.9. The van der Waals surface area contributed by atoms with E-state index in [0.717, 1.165) is 30.6 Å². The van der Waals surface area contributed by atoms with Crippen molar-refractivity contribution in [2.75, 3.05) is 13.7 Å². The van der Waals surface area contributed by atoms with Gasteiger partial charge in [-0.3, -0.25) is 4.79 Å². The molecule has 112 valence electrons. The van der Waals surface area contributed by atoms with Gasteiger partial charge in [-0.2, -0.15) is 0 Å². The van der Waals surface area contributed by atoms with Crippen LogP contribution >= 0.6 is 0 Å². The van der Waals surface area contributed by atoms with Crippen LogP contribution in [-0.2, 0) is 11.2 Å². The van der Waals surface area contributed by atoms with Crippen molar-refractivity contribution in [2.45, 2.75) is 45.1 Å². The molecule has 0 radical (unpaired) electrons. The third-order valence-electron chi connectivity index (χ3n) is 3.33. The second kappa shape index (κ2) is 9.37. The Kier molecular flexibility index (Phi) is 7.73. The number of nitrogens with two attached hydrogens (primary N) is 1. The Morgan fingerprint density at radius 1 is 1.45 bits per heavy atom. The zero-order chi connectivity index (χ0) is 14.8. The summed E-state index contributed by atoms with van der Waals surface area (Å²) in [5.74, 6) is 0.894. The Morgan fingerprint density at radius 3 is 2.90 bits per heavy atom. The van der Waals surface area contributed by atoms with Crippen molar-refractivity contribution in [3.05, 3.63) is 29.8 Å². The van der Waals surface area contributed by atoms with E-state index in [1.54, 1.807) is 7.11 Å². The van der Waals surface area contributed by atoms with Crippen LogP contribution in [0.2, 0.25) is 0 Å². The van der Waals surface area contributed by atoms with Crippen molar-refractivity contribution < 1.29 is 9.53 Å². The van der Waals surface area contributed by atoms with Crippen LogP contribution in [0.15, 0.2) is 24.3 Å². The third kappa shape index (κ3) is 6.06. The molecule has 0 spiro atoms. The van der Waals surface area contributed by atoms with Gasteiger partial charge in [0.05, 0.1) is 7.11 Å². The number of amides is 1. The van der Waals surface area contributed by atoms with Crippen molar-refractivity contribution in [3.63, 3.8) is 0 Å². The first-order valence-electron chi connectivity index (χ1n) is 7.32. The smallest absolute Gasteiger partial charge is 0.220 e. The monoisotopic (exact) mass is 278 g/mol. The number of hydrogen-bond donors (Lipinski definition) is 2. The largest absolute Gasteiger partial charge is 0.497 e. The van der Waals surface area contributed by atoms with Crippen LogP contribution in [0.25, 0.3) is 0 Å². The van der Waals surface area contributed by atoms with Gasteiger partial charge in [-0.1, -0.05) is 31.9 Å². The van der Waals surface area contributed by atoms with Crippen molar-refractivity contribution in [2.24, 2.45) is 5.73 Å². The molecule has 0 aliphatic heterocycles. The third-order valence-corrected chi connectivity index (χ3v) is 3.33. The molecular formula is C16H26N2O2. The van der Waals surface area contributed by atoms with Gasteiger partial charge in [0, 0.05) is 19.0 Å². The lowest BCUT2D eigenvalue weighted by molar-refractivity contribution is -0.121. The number of hydrogen-bond acceptors (Lipinski definition) is 3. The molecule has 3 N–H and O–H groups in total. The van der Waals surface area contributed by atoms with E-state index in [2.05, 4.69) is 12.2 Å². The average molecular weight is 278 g/mol. The number of aryl methyl sites for hydroxylation is 1. The minimum absolute atomic E-state index is 0.0689. The summed E-state index contributed by atoms with van der Waals surface area (Å²) in [7, 11) is 1.64. The van der Waals surface area contributed by atoms with Gasteiger partial charge in [-0.05, 0) is 30.5 Å². The van der Waals surface area contributed by atoms with E-state index in [-0.39, 0.29) is 11.9 Å². The van der Waals surface area contributed by atoms with Crippen molar-refractivity contribution in [1.82, 2.24) is 5.32 Å². The summed E-state index contributed by atoms with van der Waals surface area (Å²) < 4.78 is 5.17. The zero-order valence-corrected chi connectivity index (χ0v) is 12.5. The predicted molar refractivity (Wildman–Crippen MR) is 81.8 cm³/mol. The minimum atomic E-state index is 0.0689. The highest BCUT2D eigenvalue weighted by Gasteiger charge is 2.10. The van der Waals surface area contributed by atoms with Crippen molar-refractivity contribution in [3.8, 4) is 5.75 Å². The summed E-state index contributed by atoms with van der Waals surface area (Å²) in [6, 6.07) is 7.92. The van der Waals surface area contributed by atoms with Crippen molar-refractivity contribution >= 4 is 5.91 Å². The molecule has 1 atom stereocenters. The molecule has 0 fully saturated rings. The number of nitrogens with one attached hydrogen (secondary N) is 1. The fourth-order valence-electron chi connectivity index (χ4n) is 2.09. The molecule has 0 aromatic heterocycles. The molecule has 4 heteroatoms. The Balaban J connectivity index is 2.38. The first-order valence-corrected chi connectivity index (χ1v) is 7.32. The van der Waals surface area contributed by atoms with Gasteiger partial charge < -0.3 is 15.8 Å². The number of rotatable bonds is 9. The van der Waals surface area contributed by atoms with Gasteiger partial charge in [0.25, 0.3) is 0 Å². The molecule has 1 aromatic rings. The molecule has 1 rings (SSSR count). The summed E-state index contributed by atoms with van der Waals surface area (Å²) in [5, 5.41) is 3.01. The first kappa shape index (κ1) is 16.5. The van der Waals surface area contributed by atoms with Crippen LogP contribution in [0, 0.1) is 0 Å². The quantitative estimate of drug-likeness (QED) is 0.728. The minimum Gasteiger partial charge on any atom is -0.497 e. The first-order chi connectivity index (χ1) is 9.69. The van der Waals surface area contributed by atoms with Gasteiger partial charge in [0.15, 0.2) is 0 Å². The lowest BCUT2D eigenvalue weighted by Gasteiger charge is -2.16. The second-order valence-corrected chi connectivity index (χ2v) is 4.99. The van der Waals surface area contributed by atoms with Gasteiger partial charge in [0.1, 0.15) is 5.75 Å². The Labute approximate surface area is 121 Å². The number of benzene rings is 1. The summed E-state index contributed by atoms with van der Waals surface area (Å²) in [6.45, 7) is 2.64. The van der Waals surface area contributed by atoms with E-state index in [1.807, 2.05) is 24.3 Å². The van der Waals surface area contributed by atoms with E-state index in [4.69, 9.17) is 10.5 Å². The van der Waals surface area contributed by atoms with Gasteiger partial charge in [0.2, 0.25) is 5.91 Å². The summed E-state index contributed by atoms with van der Waals surface area (Å²) in [5.41, 5.74) is 6.78. The maximum atomic E-state index is 11.9. The highest BCUT2D eigenvalue weighted by Crippen LogP contribution is 2.13. The van der Waals surface area contributed by atoms with Gasteiger partial charge in [-0.15, -0.1) is 0 Å². The highest BCUT2D eigenvalue weighted by atomic mass is 16.5. The van der Waals surface area contributed by atoms with Crippen LogP contribution in [0.5, 0.6) is 5.75 Å². The van der Waals surface area contributed by atoms with Gasteiger partial charge in [-0.25, -0.2) is 0 Å². The predicted octanol–water partition coefficient (Wildman–Crippen LogP) is 2.26. The van der Waals surface area contributed by atoms with Crippen LogP contribution in [0.1, 0.15) is 38.2 Å². The molecule has 0 saturated carbocycles. The topological polar surface area (TPSA) is 64.3 Å². The number of ether oxygens (including phenoxy) is 1. The lowest BCUT2D eigenvalue weighted by atomic mass is 10.1. The number of unbranched alkanes of at least 4 members (excludes halogenated alkanes) is 1. The number of carbonyl (C=O) groups excluding carboxylic acids is 1. The Hall–Kier alpha value is -1.55. The normalized spacial score (nSPS) is 11.9. The zero-order valence-electron chi connectivity index (χ0n) is 12.5. The van der Waals surface area contributed by atoms with Crippen LogP contribution in [0.4, 0.5) is 0 Å². The molecule has 20 heavy (non-hydrogen) atoms. The molecule has 1 aromatic carbocycles. The molecular weight excluding hydrogens is 252 g/mol. The molecule has 4 nitrogen and oxygen atoms in total. The van der Waals surface area contributed by atoms with Crippen LogP contribution in [0.3, 0.4) is 0 Å². The van der Waals surface area contributed by atoms with Gasteiger partial charge >= 0.3 is 0 Å². The fourth-order valence-corrected chi connectivity index (χ4v) is 2.09. The molecule has 1 unspecified atom stereocenters. The maximum absolute atomic E-state index is 11.9. The van der Waals surface area contributed by atoms with E-state index in [9.17, 15) is 4.79 Å². The molecule has 0 bridgehead atoms. The fraction of sp³-hybridized carbons (Fsp3) is 0.562. The second-order valence-electron chi connectivity index (χ2n) is 4.99. The van der Waals surface area contributed by atoms with E-state index >= 15 is 0 Å². The Morgan fingerprint density at radius 2 is 2.25 bits per heavy atom. The summed E-state index contributed by atoms with van der Waals surface area (Å²) in [6.07, 6.45) is 4.37. The van der Waals surface area contributed by atoms with Crippen LogP contribution in [-0.4, -0.2) is 25.6 Å². The van der Waals surface area contributed by atoms with Crippen molar-refractivity contribution in [1.29, 1.82) is 0 Å². The Bertz CT molecular complexity index is 407. The number of methoxy groups -OCH3 is 1. The van der Waals surface area contributed by atoms with E-state index in [0.29, 0.717) is 19.4 Å². The van der Waals surface area contributed by atoms with Crippen LogP contribution < -0.4 is 15.8 Å². The van der Waals surface area contributed by atoms with E-state index in [1.165, 1.54) is 0 Å². The maximum Gasteiger partial charge on any atom is 0.220 e. The highest BCUT2D eigenvalue weighted by molar-refractivity contribution is 5.76. The van der Waals surface area contributed by atoms with E-state index < -0.39 is 0 Å². The molecule has 0 aliphatic carbocycles. The SMILES string of the molecule is CCCCC(CN)NC(=O)CCc1cccc(OC)c1. The number of carbonyl (C=O) groups is 1. The standard InChI is InChI=1S/C16H26N2O2/c1-3-4-7-14(12-17)18-16(19)10-9-13-6-5-8-15(11-13)20-2/h5-6,8,11,14H,3-4,7,9-10,12,17H2,1-2H3,(H,18,19). The average Bonchev–Trinajstić information content (AvgIpc) is 2.49.